The number of rotatable bonds is 8. The molecule has 0 spiro atoms. The molecule has 0 heterocycles. The number of nitrogens with two attached hydrogens (primary N) is 1. The summed E-state index contributed by atoms with van der Waals surface area (Å²) in [5, 5.41) is 2.82. The molecule has 0 bridgehead atoms. The number of hydrogen-bond donors (Lipinski definition) is 2. The fourth-order valence-electron chi connectivity index (χ4n) is 1.24. The van der Waals surface area contributed by atoms with Crippen molar-refractivity contribution in [2.45, 2.75) is 52.0 Å². The van der Waals surface area contributed by atoms with E-state index in [9.17, 15) is 9.59 Å². The molecule has 0 fully saturated rings. The molecule has 0 saturated carbocycles. The van der Waals surface area contributed by atoms with Crippen molar-refractivity contribution in [3.8, 4) is 0 Å². The molecule has 1 atom stereocenters. The first-order chi connectivity index (χ1) is 7.07. The second-order valence-electron chi connectivity index (χ2n) is 3.81. The zero-order chi connectivity index (χ0) is 11.7. The third-order valence-corrected chi connectivity index (χ3v) is 2.26. The van der Waals surface area contributed by atoms with Gasteiger partial charge < -0.3 is 11.1 Å². The molecule has 0 aromatic carbocycles. The molecule has 1 unspecified atom stereocenters. The van der Waals surface area contributed by atoms with E-state index in [0.29, 0.717) is 19.4 Å². The number of Topliss-reactive ketones (excluding diaryl/α,β-unsaturated/α-hetero) is 1. The number of unbranched alkanes of at least 4 members (excludes halogenated alkanes) is 1. The molecule has 0 aromatic heterocycles. The maximum atomic E-state index is 11.1. The molecular formula is C11H22N2O2. The van der Waals surface area contributed by atoms with E-state index < -0.39 is 0 Å². The maximum absolute atomic E-state index is 11.1. The molecule has 0 aliphatic carbocycles. The van der Waals surface area contributed by atoms with Crippen LogP contribution in [0.25, 0.3) is 0 Å². The summed E-state index contributed by atoms with van der Waals surface area (Å²) in [5.41, 5.74) is 5.57. The van der Waals surface area contributed by atoms with Crippen LogP contribution < -0.4 is 11.1 Å². The molecule has 4 heteroatoms. The quantitative estimate of drug-likeness (QED) is 0.592. The lowest BCUT2D eigenvalue weighted by Crippen LogP contribution is -2.28. The van der Waals surface area contributed by atoms with Gasteiger partial charge in [-0.15, -0.1) is 0 Å². The highest BCUT2D eigenvalue weighted by Gasteiger charge is 2.06. The van der Waals surface area contributed by atoms with Crippen molar-refractivity contribution in [3.63, 3.8) is 0 Å². The zero-order valence-electron chi connectivity index (χ0n) is 9.71. The maximum Gasteiger partial charge on any atom is 0.219 e. The molecule has 0 aliphatic heterocycles. The summed E-state index contributed by atoms with van der Waals surface area (Å²) in [6.07, 6.45) is 3.94. The van der Waals surface area contributed by atoms with E-state index in [0.717, 1.165) is 19.3 Å². The Morgan fingerprint density at radius 2 is 2.00 bits per heavy atom. The van der Waals surface area contributed by atoms with Crippen molar-refractivity contribution in [1.29, 1.82) is 0 Å². The van der Waals surface area contributed by atoms with Gasteiger partial charge in [0.25, 0.3) is 0 Å². The predicted octanol–water partition coefficient (Wildman–Crippen LogP) is 0.989. The highest BCUT2D eigenvalue weighted by atomic mass is 16.1. The van der Waals surface area contributed by atoms with Crippen molar-refractivity contribution in [3.05, 3.63) is 0 Å². The molecule has 0 rings (SSSR count). The van der Waals surface area contributed by atoms with Crippen LogP contribution in [0.4, 0.5) is 0 Å². The van der Waals surface area contributed by atoms with Gasteiger partial charge in [0.2, 0.25) is 5.91 Å². The lowest BCUT2D eigenvalue weighted by molar-refractivity contribution is -0.121. The van der Waals surface area contributed by atoms with Gasteiger partial charge in [-0.2, -0.15) is 0 Å². The van der Waals surface area contributed by atoms with E-state index in [1.807, 2.05) is 6.92 Å². The van der Waals surface area contributed by atoms with Crippen molar-refractivity contribution < 1.29 is 9.59 Å². The lowest BCUT2D eigenvalue weighted by Gasteiger charge is -2.07. The van der Waals surface area contributed by atoms with Crippen molar-refractivity contribution >= 4 is 11.7 Å². The number of amides is 1. The monoisotopic (exact) mass is 214 g/mol. The third-order valence-electron chi connectivity index (χ3n) is 2.26. The highest BCUT2D eigenvalue weighted by molar-refractivity contribution is 5.81. The molecule has 1 amide bonds. The number of nitrogens with one attached hydrogen (secondary N) is 1. The smallest absolute Gasteiger partial charge is 0.219 e. The van der Waals surface area contributed by atoms with Gasteiger partial charge in [0.1, 0.15) is 5.78 Å². The molecule has 3 N–H and O–H groups in total. The van der Waals surface area contributed by atoms with E-state index >= 15 is 0 Å². The van der Waals surface area contributed by atoms with Crippen LogP contribution in [-0.2, 0) is 9.59 Å². The van der Waals surface area contributed by atoms with Crippen LogP contribution in [0.15, 0.2) is 0 Å². The van der Waals surface area contributed by atoms with Crippen LogP contribution in [0.5, 0.6) is 0 Å². The zero-order valence-corrected chi connectivity index (χ0v) is 9.71. The number of carbonyl (C=O) groups excluding carboxylic acids is 2. The minimum absolute atomic E-state index is 0.0324. The fraction of sp³-hybridized carbons (Fsp3) is 0.818. The molecular weight excluding hydrogens is 192 g/mol. The number of carbonyl (C=O) groups is 2. The van der Waals surface area contributed by atoms with Crippen LogP contribution >= 0.6 is 0 Å². The summed E-state index contributed by atoms with van der Waals surface area (Å²) in [6, 6.07) is -0.337. The Hall–Kier alpha value is -0.900. The summed E-state index contributed by atoms with van der Waals surface area (Å²) >= 11 is 0. The number of hydrogen-bond acceptors (Lipinski definition) is 3. The Balaban J connectivity index is 3.32. The van der Waals surface area contributed by atoms with E-state index in [2.05, 4.69) is 5.32 Å². The van der Waals surface area contributed by atoms with Crippen LogP contribution in [0.3, 0.4) is 0 Å². The Labute approximate surface area is 91.6 Å². The van der Waals surface area contributed by atoms with Crippen molar-refractivity contribution in [1.82, 2.24) is 5.32 Å². The Morgan fingerprint density at radius 1 is 1.33 bits per heavy atom. The van der Waals surface area contributed by atoms with Gasteiger partial charge in [0.15, 0.2) is 0 Å². The van der Waals surface area contributed by atoms with E-state index in [4.69, 9.17) is 5.73 Å². The van der Waals surface area contributed by atoms with Gasteiger partial charge in [-0.3, -0.25) is 9.59 Å². The van der Waals surface area contributed by atoms with Crippen LogP contribution in [0.1, 0.15) is 46.0 Å². The summed E-state index contributed by atoms with van der Waals surface area (Å²) in [5.74, 6) is 0.137. The second kappa shape index (κ2) is 8.41. The Morgan fingerprint density at radius 3 is 2.53 bits per heavy atom. The SMILES string of the molecule is CCCC(=O)NCCCCC(N)C(C)=O. The second-order valence-corrected chi connectivity index (χ2v) is 3.81. The molecule has 0 aromatic rings. The molecule has 4 nitrogen and oxygen atoms in total. The summed E-state index contributed by atoms with van der Waals surface area (Å²) in [6.45, 7) is 4.17. The van der Waals surface area contributed by atoms with Gasteiger partial charge >= 0.3 is 0 Å². The van der Waals surface area contributed by atoms with Crippen molar-refractivity contribution in [2.24, 2.45) is 5.73 Å². The topological polar surface area (TPSA) is 72.2 Å². The van der Waals surface area contributed by atoms with Crippen molar-refractivity contribution in [2.75, 3.05) is 6.54 Å². The van der Waals surface area contributed by atoms with E-state index in [-0.39, 0.29) is 17.7 Å². The Kier molecular flexibility index (Phi) is 7.91. The van der Waals surface area contributed by atoms with Gasteiger partial charge in [0.05, 0.1) is 6.04 Å². The molecule has 88 valence electrons. The summed E-state index contributed by atoms with van der Waals surface area (Å²) in [4.78, 5) is 21.9. The average molecular weight is 214 g/mol. The number of ketones is 1. The van der Waals surface area contributed by atoms with Crippen LogP contribution in [0, 0.1) is 0 Å². The fourth-order valence-corrected chi connectivity index (χ4v) is 1.24. The average Bonchev–Trinajstić information content (AvgIpc) is 2.17. The normalized spacial score (nSPS) is 12.2. The van der Waals surface area contributed by atoms with E-state index in [1.165, 1.54) is 6.92 Å². The lowest BCUT2D eigenvalue weighted by atomic mass is 10.1. The largest absolute Gasteiger partial charge is 0.356 e. The molecule has 0 saturated heterocycles. The summed E-state index contributed by atoms with van der Waals surface area (Å²) < 4.78 is 0. The minimum atomic E-state index is -0.337. The highest BCUT2D eigenvalue weighted by Crippen LogP contribution is 1.99. The first-order valence-corrected chi connectivity index (χ1v) is 5.60. The molecule has 0 radical (unpaired) electrons. The standard InChI is InChI=1S/C11H22N2O2/c1-3-6-11(15)13-8-5-4-7-10(12)9(2)14/h10H,3-8,12H2,1-2H3,(H,13,15). The summed E-state index contributed by atoms with van der Waals surface area (Å²) in [7, 11) is 0. The molecule has 15 heavy (non-hydrogen) atoms. The van der Waals surface area contributed by atoms with Crippen LogP contribution in [0.2, 0.25) is 0 Å². The first kappa shape index (κ1) is 14.1. The Bertz CT molecular complexity index is 205. The predicted molar refractivity (Wildman–Crippen MR) is 60.4 cm³/mol. The first-order valence-electron chi connectivity index (χ1n) is 5.60. The molecule has 0 aliphatic rings. The van der Waals surface area contributed by atoms with Gasteiger partial charge in [0, 0.05) is 13.0 Å². The van der Waals surface area contributed by atoms with E-state index in [1.54, 1.807) is 0 Å². The van der Waals surface area contributed by atoms with Gasteiger partial charge in [-0.05, 0) is 32.6 Å². The van der Waals surface area contributed by atoms with Gasteiger partial charge in [-0.25, -0.2) is 0 Å². The van der Waals surface area contributed by atoms with Crippen LogP contribution in [-0.4, -0.2) is 24.3 Å². The van der Waals surface area contributed by atoms with Gasteiger partial charge in [-0.1, -0.05) is 6.92 Å². The minimum Gasteiger partial charge on any atom is -0.356 e. The third kappa shape index (κ3) is 8.12.